The van der Waals surface area contributed by atoms with Gasteiger partial charge in [0, 0.05) is 30.5 Å². The van der Waals surface area contributed by atoms with E-state index in [9.17, 15) is 34.5 Å². The standard InChI is InChI=1S/C47H59N7O7/c1-8-30(2)41(54-29-40(56)53(45(54)59)28-35-18-14-15-31(3)49-35)43(57)50-36(25-32-16-10-9-11-17-32)27-39(55)38(51-44(58)42(47(4,5)6)52(7)46(60)61)26-33-20-22-34(23-21-33)37-19-12-13-24-48-37/h9-24,29-30,36,38-39,41-42,55-56H,8,25-28H2,1-7H3,(H,50,57)(H,51,58)(H,60,61)/t30?,36-,38-,39-,41-,42+/m0/s1. The van der Waals surface area contributed by atoms with Crippen LogP contribution < -0.4 is 16.3 Å². The molecule has 1 unspecified atom stereocenters. The number of carbonyl (C=O) groups excluding carboxylic acids is 2. The number of hydrogen-bond acceptors (Lipinski definition) is 8. The maximum absolute atomic E-state index is 14.5. The lowest BCUT2D eigenvalue weighted by atomic mass is 9.84. The largest absolute Gasteiger partial charge is 0.493 e. The molecule has 0 fully saturated rings. The number of benzene rings is 2. The maximum Gasteiger partial charge on any atom is 0.407 e. The Labute approximate surface area is 357 Å². The van der Waals surface area contributed by atoms with Gasteiger partial charge in [-0.15, -0.1) is 0 Å². The van der Waals surface area contributed by atoms with Crippen LogP contribution in [0.25, 0.3) is 11.3 Å². The van der Waals surface area contributed by atoms with Crippen LogP contribution in [0.3, 0.4) is 0 Å². The summed E-state index contributed by atoms with van der Waals surface area (Å²) in [6, 6.07) is 24.4. The van der Waals surface area contributed by atoms with Gasteiger partial charge in [-0.3, -0.25) is 33.6 Å². The van der Waals surface area contributed by atoms with Crippen molar-refractivity contribution in [2.75, 3.05) is 7.05 Å². The Bertz CT molecular complexity index is 2290. The molecule has 2 aromatic carbocycles. The molecule has 14 heteroatoms. The third-order valence-corrected chi connectivity index (χ3v) is 11.1. The molecular weight excluding hydrogens is 775 g/mol. The lowest BCUT2D eigenvalue weighted by Crippen LogP contribution is -2.58. The zero-order chi connectivity index (χ0) is 44.4. The number of nitrogens with zero attached hydrogens (tertiary/aromatic N) is 5. The number of hydrogen-bond donors (Lipinski definition) is 5. The first kappa shape index (κ1) is 45.8. The fourth-order valence-electron chi connectivity index (χ4n) is 7.81. The van der Waals surface area contributed by atoms with Crippen molar-refractivity contribution in [2.24, 2.45) is 11.3 Å². The molecule has 6 atom stereocenters. The molecule has 0 aliphatic heterocycles. The number of aliphatic hydroxyl groups is 1. The second-order valence-electron chi connectivity index (χ2n) is 17.0. The van der Waals surface area contributed by atoms with Crippen molar-refractivity contribution < 1.29 is 29.7 Å². The Morgan fingerprint density at radius 1 is 0.869 bits per heavy atom. The lowest BCUT2D eigenvalue weighted by molar-refractivity contribution is -0.131. The predicted molar refractivity (Wildman–Crippen MR) is 234 cm³/mol. The number of nitrogens with one attached hydrogen (secondary N) is 2. The molecule has 0 saturated heterocycles. The fourth-order valence-corrected chi connectivity index (χ4v) is 7.81. The Balaban J connectivity index is 1.47. The van der Waals surface area contributed by atoms with E-state index in [0.717, 1.165) is 33.0 Å². The third-order valence-electron chi connectivity index (χ3n) is 11.1. The number of amides is 3. The van der Waals surface area contributed by atoms with Crippen LogP contribution >= 0.6 is 0 Å². The molecule has 324 valence electrons. The average molecular weight is 834 g/mol. The first-order valence-electron chi connectivity index (χ1n) is 20.7. The number of aromatic nitrogens is 4. The number of imidazole rings is 1. The Morgan fingerprint density at radius 2 is 1.54 bits per heavy atom. The minimum Gasteiger partial charge on any atom is -0.493 e. The summed E-state index contributed by atoms with van der Waals surface area (Å²) in [4.78, 5) is 64.6. The molecule has 0 aliphatic carbocycles. The molecule has 0 aliphatic rings. The van der Waals surface area contributed by atoms with Gasteiger partial charge in [0.05, 0.1) is 36.3 Å². The Morgan fingerprint density at radius 3 is 2.15 bits per heavy atom. The van der Waals surface area contributed by atoms with Gasteiger partial charge in [-0.1, -0.05) is 108 Å². The highest BCUT2D eigenvalue weighted by atomic mass is 16.4. The van der Waals surface area contributed by atoms with Crippen LogP contribution in [0.4, 0.5) is 4.79 Å². The van der Waals surface area contributed by atoms with Crippen LogP contribution in [-0.4, -0.2) is 88.5 Å². The highest BCUT2D eigenvalue weighted by Gasteiger charge is 2.39. The number of likely N-dealkylation sites (N-methyl/N-ethyl adjacent to an activating group) is 1. The summed E-state index contributed by atoms with van der Waals surface area (Å²) in [5, 5.41) is 39.2. The van der Waals surface area contributed by atoms with Gasteiger partial charge in [-0.2, -0.15) is 0 Å². The van der Waals surface area contributed by atoms with Crippen LogP contribution in [0, 0.1) is 18.3 Å². The number of rotatable bonds is 18. The number of aliphatic hydroxyl groups excluding tert-OH is 1. The second-order valence-corrected chi connectivity index (χ2v) is 17.0. The van der Waals surface area contributed by atoms with Gasteiger partial charge in [-0.25, -0.2) is 9.59 Å². The van der Waals surface area contributed by atoms with Crippen molar-refractivity contribution >= 4 is 17.9 Å². The summed E-state index contributed by atoms with van der Waals surface area (Å²) in [7, 11) is 1.34. The summed E-state index contributed by atoms with van der Waals surface area (Å²) >= 11 is 0. The van der Waals surface area contributed by atoms with Crippen LogP contribution in [-0.2, 0) is 29.0 Å². The van der Waals surface area contributed by atoms with Gasteiger partial charge in [0.2, 0.25) is 17.7 Å². The molecule has 5 rings (SSSR count). The first-order chi connectivity index (χ1) is 29.0. The number of aromatic hydroxyl groups is 1. The second kappa shape index (κ2) is 20.3. The van der Waals surface area contributed by atoms with E-state index in [1.807, 2.05) is 106 Å². The average Bonchev–Trinajstić information content (AvgIpc) is 3.48. The SMILES string of the molecule is CCC(C)[C@@H](C(=O)N[C@@H](Cc1ccccc1)C[C@H](O)[C@H](Cc1ccc(-c2ccccn2)cc1)NC(=O)[C@@H](N(C)C(=O)O)C(C)(C)C)n1cc(O)n(Cc2cccc(C)n2)c1=O. The molecule has 14 nitrogen and oxygen atoms in total. The van der Waals surface area contributed by atoms with Crippen LogP contribution in [0.1, 0.15) is 76.0 Å². The number of aryl methyl sites for hydroxylation is 1. The van der Waals surface area contributed by atoms with Gasteiger partial charge in [-0.05, 0) is 72.9 Å². The maximum atomic E-state index is 14.5. The summed E-state index contributed by atoms with van der Waals surface area (Å²) < 4.78 is 2.44. The van der Waals surface area contributed by atoms with E-state index in [2.05, 4.69) is 20.6 Å². The van der Waals surface area contributed by atoms with E-state index < -0.39 is 59.3 Å². The third kappa shape index (κ3) is 11.9. The van der Waals surface area contributed by atoms with Crippen LogP contribution in [0.15, 0.2) is 108 Å². The molecule has 0 saturated carbocycles. The van der Waals surface area contributed by atoms with Crippen molar-refractivity contribution in [3.8, 4) is 17.1 Å². The van der Waals surface area contributed by atoms with E-state index in [-0.39, 0.29) is 31.2 Å². The van der Waals surface area contributed by atoms with Gasteiger partial charge in [0.15, 0.2) is 0 Å². The Kier molecular flexibility index (Phi) is 15.3. The smallest absolute Gasteiger partial charge is 0.407 e. The van der Waals surface area contributed by atoms with E-state index >= 15 is 0 Å². The molecule has 0 bridgehead atoms. The van der Waals surface area contributed by atoms with E-state index in [0.29, 0.717) is 18.5 Å². The molecule has 3 amide bonds. The molecule has 5 N–H and O–H groups in total. The molecule has 3 aromatic heterocycles. The molecule has 5 aromatic rings. The van der Waals surface area contributed by atoms with Crippen molar-refractivity contribution in [3.63, 3.8) is 0 Å². The number of carboxylic acid groups (broad SMARTS) is 1. The molecule has 0 radical (unpaired) electrons. The summed E-state index contributed by atoms with van der Waals surface area (Å²) in [5.74, 6) is -1.69. The Hall–Kier alpha value is -6.28. The number of carbonyl (C=O) groups is 3. The highest BCUT2D eigenvalue weighted by molar-refractivity contribution is 5.86. The summed E-state index contributed by atoms with van der Waals surface area (Å²) in [6.45, 7) is 10.9. The minimum atomic E-state index is -1.27. The molecule has 0 spiro atoms. The normalized spacial score (nSPS) is 14.6. The zero-order valence-corrected chi connectivity index (χ0v) is 36.0. The van der Waals surface area contributed by atoms with Gasteiger partial charge in [0.25, 0.3) is 0 Å². The number of pyridine rings is 2. The summed E-state index contributed by atoms with van der Waals surface area (Å²) in [6.07, 6.45) is 1.50. The van der Waals surface area contributed by atoms with Gasteiger partial charge < -0.3 is 26.0 Å². The van der Waals surface area contributed by atoms with Gasteiger partial charge in [0.1, 0.15) is 12.1 Å². The highest BCUT2D eigenvalue weighted by Crippen LogP contribution is 2.27. The quantitative estimate of drug-likeness (QED) is 0.0706. The van der Waals surface area contributed by atoms with E-state index in [4.69, 9.17) is 0 Å². The molecule has 61 heavy (non-hydrogen) atoms. The summed E-state index contributed by atoms with van der Waals surface area (Å²) in [5.41, 5.74) is 3.32. The fraction of sp³-hybridized carbons (Fsp3) is 0.404. The zero-order valence-electron chi connectivity index (χ0n) is 36.0. The van der Waals surface area contributed by atoms with Crippen LogP contribution in [0.2, 0.25) is 0 Å². The predicted octanol–water partition coefficient (Wildman–Crippen LogP) is 5.99. The van der Waals surface area contributed by atoms with E-state index in [1.54, 1.807) is 33.0 Å². The topological polar surface area (TPSA) is 192 Å². The lowest BCUT2D eigenvalue weighted by Gasteiger charge is -2.37. The van der Waals surface area contributed by atoms with Crippen molar-refractivity contribution in [1.29, 1.82) is 0 Å². The van der Waals surface area contributed by atoms with Crippen molar-refractivity contribution in [3.05, 3.63) is 136 Å². The van der Waals surface area contributed by atoms with E-state index in [1.165, 1.54) is 22.4 Å². The van der Waals surface area contributed by atoms with Crippen LogP contribution in [0.5, 0.6) is 5.88 Å². The monoisotopic (exact) mass is 833 g/mol. The van der Waals surface area contributed by atoms with Gasteiger partial charge >= 0.3 is 11.8 Å². The van der Waals surface area contributed by atoms with Crippen molar-refractivity contribution in [2.45, 2.75) is 104 Å². The minimum absolute atomic E-state index is 0.00826. The van der Waals surface area contributed by atoms with Crippen molar-refractivity contribution in [1.82, 2.24) is 34.6 Å². The first-order valence-corrected chi connectivity index (χ1v) is 20.7. The molecular formula is C47H59N7O7. The molecule has 3 heterocycles.